The Kier molecular flexibility index (Phi) is 8.76. The molecule has 0 aromatic carbocycles. The summed E-state index contributed by atoms with van der Waals surface area (Å²) in [5.41, 5.74) is 0.506. The third-order valence-corrected chi connectivity index (χ3v) is 4.74. The Morgan fingerprint density at radius 3 is 2.06 bits per heavy atom. The molecule has 2 aromatic heterocycles. The molecule has 180 valence electrons. The van der Waals surface area contributed by atoms with Crippen LogP contribution in [0.5, 0.6) is 0 Å². The summed E-state index contributed by atoms with van der Waals surface area (Å²) in [4.78, 5) is 12.4. The molecule has 6 nitrogen and oxygen atoms in total. The lowest BCUT2D eigenvalue weighted by Gasteiger charge is -2.05. The van der Waals surface area contributed by atoms with Crippen LogP contribution in [0.4, 0.5) is 0 Å². The lowest BCUT2D eigenvalue weighted by atomic mass is 10.3. The van der Waals surface area contributed by atoms with Gasteiger partial charge in [-0.3, -0.25) is 0 Å². The molecule has 4 rings (SSSR count). The molecule has 0 saturated heterocycles. The summed E-state index contributed by atoms with van der Waals surface area (Å²) in [6.07, 6.45) is 6.20. The molecule has 0 amide bonds. The predicted octanol–water partition coefficient (Wildman–Crippen LogP) is 5.39. The molecule has 0 N–H and O–H groups in total. The summed E-state index contributed by atoms with van der Waals surface area (Å²) in [5.74, 6) is 0.795. The van der Waals surface area contributed by atoms with E-state index in [0.717, 1.165) is 11.0 Å². The molecule has 0 bridgehead atoms. The van der Waals surface area contributed by atoms with Gasteiger partial charge in [-0.05, 0) is 24.3 Å². The van der Waals surface area contributed by atoms with E-state index in [1.807, 2.05) is 72.8 Å². The van der Waals surface area contributed by atoms with Crippen LogP contribution in [0.3, 0.4) is 0 Å². The van der Waals surface area contributed by atoms with Crippen molar-refractivity contribution >= 4 is 23.0 Å². The summed E-state index contributed by atoms with van der Waals surface area (Å²) in [5, 5.41) is 0.909. The molecular formula is C30H24O6. The van der Waals surface area contributed by atoms with Crippen LogP contribution in [0.2, 0.25) is 0 Å². The summed E-state index contributed by atoms with van der Waals surface area (Å²) >= 11 is 0. The van der Waals surface area contributed by atoms with Gasteiger partial charge < -0.3 is 22.7 Å². The summed E-state index contributed by atoms with van der Waals surface area (Å²) in [6.45, 7) is 0.317. The van der Waals surface area contributed by atoms with Crippen molar-refractivity contribution in [3.8, 4) is 0 Å². The SMILES string of the molecule is O=c1ccccccccccccccc2occc2ccccoc2c(o1)=C1OCC=C1OC=2. The van der Waals surface area contributed by atoms with Gasteiger partial charge in [0, 0.05) is 11.5 Å². The molecule has 0 saturated carbocycles. The lowest BCUT2D eigenvalue weighted by molar-refractivity contribution is 0.286. The largest absolute Gasteiger partial charge is 0.482 e. The number of ether oxygens (including phenoxy) is 2. The predicted molar refractivity (Wildman–Crippen MR) is 137 cm³/mol. The first kappa shape index (κ1) is 24.2. The van der Waals surface area contributed by atoms with E-state index in [9.17, 15) is 4.79 Å². The fourth-order valence-electron chi connectivity index (χ4n) is 3.08. The highest BCUT2D eigenvalue weighted by Gasteiger charge is 2.20. The Bertz CT molecular complexity index is 1600. The third-order valence-electron chi connectivity index (χ3n) is 4.74. The van der Waals surface area contributed by atoms with E-state index < -0.39 is 5.63 Å². The molecule has 6 heteroatoms. The molecule has 0 spiro atoms. The maximum absolute atomic E-state index is 12.4. The van der Waals surface area contributed by atoms with Crippen LogP contribution >= 0.6 is 0 Å². The first-order chi connectivity index (χ1) is 17.8. The van der Waals surface area contributed by atoms with Crippen LogP contribution in [0, 0.1) is 0 Å². The van der Waals surface area contributed by atoms with E-state index in [0.29, 0.717) is 18.1 Å². The van der Waals surface area contributed by atoms with Crippen LogP contribution in [-0.2, 0) is 9.47 Å². The fourth-order valence-corrected chi connectivity index (χ4v) is 3.08. The van der Waals surface area contributed by atoms with Gasteiger partial charge in [0.2, 0.25) is 16.6 Å². The zero-order valence-corrected chi connectivity index (χ0v) is 19.4. The smallest absolute Gasteiger partial charge is 0.336 e. The number of furan rings is 1. The van der Waals surface area contributed by atoms with Crippen LogP contribution in [0.1, 0.15) is 0 Å². The number of hydrogen-bond donors (Lipinski definition) is 0. The van der Waals surface area contributed by atoms with Crippen molar-refractivity contribution in [2.75, 3.05) is 6.61 Å². The second-order valence-electron chi connectivity index (χ2n) is 7.25. The Balaban J connectivity index is 1.86. The van der Waals surface area contributed by atoms with Gasteiger partial charge in [-0.1, -0.05) is 84.9 Å². The molecule has 0 fully saturated rings. The van der Waals surface area contributed by atoms with Gasteiger partial charge in [0.05, 0.1) is 12.5 Å². The van der Waals surface area contributed by atoms with E-state index in [1.54, 1.807) is 42.7 Å². The molecule has 2 aliphatic heterocycles. The molecule has 36 heavy (non-hydrogen) atoms. The average molecular weight is 481 g/mol. The van der Waals surface area contributed by atoms with Crippen molar-refractivity contribution in [3.63, 3.8) is 0 Å². The van der Waals surface area contributed by atoms with Crippen molar-refractivity contribution in [1.29, 1.82) is 0 Å². The van der Waals surface area contributed by atoms with E-state index >= 15 is 0 Å². The molecule has 0 radical (unpaired) electrons. The number of fused-ring (bicyclic) bond motifs is 3. The molecule has 0 unspecified atom stereocenters. The Morgan fingerprint density at radius 2 is 1.31 bits per heavy atom. The molecule has 0 aliphatic carbocycles. The second kappa shape index (κ2) is 13.1. The van der Waals surface area contributed by atoms with Crippen molar-refractivity contribution in [1.82, 2.24) is 0 Å². The van der Waals surface area contributed by atoms with Gasteiger partial charge in [-0.15, -0.1) is 0 Å². The highest BCUT2D eigenvalue weighted by Crippen LogP contribution is 2.20. The molecule has 0 atom stereocenters. The Morgan fingerprint density at radius 1 is 0.639 bits per heavy atom. The first-order valence-corrected chi connectivity index (χ1v) is 11.2. The summed E-state index contributed by atoms with van der Waals surface area (Å²) in [7, 11) is 0. The summed E-state index contributed by atoms with van der Waals surface area (Å²) < 4.78 is 27.8. The van der Waals surface area contributed by atoms with Crippen molar-refractivity contribution in [3.05, 3.63) is 155 Å². The standard InChI is InChI=1S/C30H24O6/c31-28-17-12-10-8-6-4-2-1-3-5-7-9-11-16-25-24(18-21-33-25)15-13-14-20-32-27-23-35-26-19-22-34-29(26)30(27)36-28/h1-21,23H,22H2. The van der Waals surface area contributed by atoms with Crippen molar-refractivity contribution in [2.24, 2.45) is 0 Å². The molecular weight excluding hydrogens is 456 g/mol. The minimum Gasteiger partial charge on any atom is -0.482 e. The summed E-state index contributed by atoms with van der Waals surface area (Å²) in [6, 6.07) is 32.7. The second-order valence-corrected chi connectivity index (χ2v) is 7.25. The molecule has 2 aliphatic rings. The van der Waals surface area contributed by atoms with E-state index in [4.69, 9.17) is 22.7 Å². The third kappa shape index (κ3) is 7.01. The first-order valence-electron chi connectivity index (χ1n) is 11.2. The van der Waals surface area contributed by atoms with Crippen LogP contribution in [-0.4, -0.2) is 6.61 Å². The maximum Gasteiger partial charge on any atom is 0.336 e. The van der Waals surface area contributed by atoms with Crippen LogP contribution in [0.15, 0.2) is 152 Å². The monoisotopic (exact) mass is 480 g/mol. The topological polar surface area (TPSA) is 75.0 Å². The zero-order valence-electron chi connectivity index (χ0n) is 19.4. The van der Waals surface area contributed by atoms with E-state index in [2.05, 4.69) is 0 Å². The van der Waals surface area contributed by atoms with Gasteiger partial charge in [0.15, 0.2) is 5.76 Å². The normalized spacial score (nSPS) is 12.1. The fraction of sp³-hybridized carbons (Fsp3) is 0.0333. The maximum atomic E-state index is 12.4. The minimum absolute atomic E-state index is 0.149. The Labute approximate surface area is 207 Å². The number of hydrogen-bond acceptors (Lipinski definition) is 6. The van der Waals surface area contributed by atoms with E-state index in [-0.39, 0.29) is 10.8 Å². The number of rotatable bonds is 0. The average Bonchev–Trinajstić information content (AvgIpc) is 3.54. The van der Waals surface area contributed by atoms with Crippen LogP contribution in [0.25, 0.3) is 23.0 Å². The van der Waals surface area contributed by atoms with Crippen molar-refractivity contribution in [2.45, 2.75) is 0 Å². The van der Waals surface area contributed by atoms with Gasteiger partial charge in [0.25, 0.3) is 0 Å². The van der Waals surface area contributed by atoms with Gasteiger partial charge >= 0.3 is 5.63 Å². The Hall–Kier alpha value is -4.97. The van der Waals surface area contributed by atoms with Crippen molar-refractivity contribution < 1.29 is 22.7 Å². The molecule has 4 heterocycles. The lowest BCUT2D eigenvalue weighted by Crippen LogP contribution is -2.31. The molecule has 2 aromatic rings. The zero-order chi connectivity index (χ0) is 24.8. The quantitative estimate of drug-likeness (QED) is 0.503. The van der Waals surface area contributed by atoms with Gasteiger partial charge in [0.1, 0.15) is 18.5 Å². The van der Waals surface area contributed by atoms with Crippen LogP contribution < -0.4 is 16.5 Å². The van der Waals surface area contributed by atoms with Gasteiger partial charge in [-0.2, -0.15) is 0 Å². The highest BCUT2D eigenvalue weighted by atomic mass is 16.5. The highest BCUT2D eigenvalue weighted by molar-refractivity contribution is 5.75. The van der Waals surface area contributed by atoms with E-state index in [1.165, 1.54) is 18.6 Å². The minimum atomic E-state index is -0.578. The van der Waals surface area contributed by atoms with Gasteiger partial charge in [-0.25, -0.2) is 4.79 Å².